The largest absolute Gasteiger partial charge is 0.416 e. The summed E-state index contributed by atoms with van der Waals surface area (Å²) in [4.78, 5) is 18.2. The fourth-order valence-corrected chi connectivity index (χ4v) is 3.19. The molecular formula is C19H19F3N6OS. The number of carbonyl (C=O) groups is 1. The Hall–Kier alpha value is -3.05. The van der Waals surface area contributed by atoms with Crippen molar-refractivity contribution in [3.8, 4) is 0 Å². The molecule has 0 fully saturated rings. The van der Waals surface area contributed by atoms with Crippen LogP contribution in [0, 0.1) is 0 Å². The van der Waals surface area contributed by atoms with Gasteiger partial charge in [0, 0.05) is 12.7 Å². The summed E-state index contributed by atoms with van der Waals surface area (Å²) in [6.45, 7) is 0.331. The summed E-state index contributed by atoms with van der Waals surface area (Å²) in [6.07, 6.45) is -2.99. The van der Waals surface area contributed by atoms with Gasteiger partial charge < -0.3 is 10.2 Å². The summed E-state index contributed by atoms with van der Waals surface area (Å²) < 4.78 is 39.1. The Balaban J connectivity index is 1.66. The number of nitrogens with zero attached hydrogens (tertiary/aromatic N) is 4. The van der Waals surface area contributed by atoms with Gasteiger partial charge in [0.2, 0.25) is 5.13 Å². The molecule has 0 aliphatic carbocycles. The fourth-order valence-electron chi connectivity index (χ4n) is 2.75. The minimum absolute atomic E-state index is 0.311. The van der Waals surface area contributed by atoms with Crippen molar-refractivity contribution >= 4 is 28.2 Å². The number of pyridine rings is 1. The Morgan fingerprint density at radius 1 is 1.23 bits per heavy atom. The molecule has 2 N–H and O–H groups in total. The Morgan fingerprint density at radius 2 is 2.03 bits per heavy atom. The van der Waals surface area contributed by atoms with Gasteiger partial charge in [0.1, 0.15) is 11.3 Å². The minimum Gasteiger partial charge on any atom is -0.368 e. The highest BCUT2D eigenvalue weighted by atomic mass is 32.1. The predicted molar refractivity (Wildman–Crippen MR) is 108 cm³/mol. The van der Waals surface area contributed by atoms with Crippen LogP contribution in [0.4, 0.5) is 24.1 Å². The van der Waals surface area contributed by atoms with Crippen LogP contribution in [0.15, 0.2) is 48.1 Å². The van der Waals surface area contributed by atoms with E-state index in [4.69, 9.17) is 0 Å². The summed E-state index contributed by atoms with van der Waals surface area (Å²) in [6, 6.07) is 8.19. The van der Waals surface area contributed by atoms with Gasteiger partial charge in [-0.3, -0.25) is 10.1 Å². The molecule has 0 spiro atoms. The lowest BCUT2D eigenvalue weighted by molar-refractivity contribution is -0.137. The Morgan fingerprint density at radius 3 is 2.63 bits per heavy atom. The number of aromatic nitrogens is 3. The van der Waals surface area contributed by atoms with Crippen molar-refractivity contribution in [2.75, 3.05) is 31.3 Å². The van der Waals surface area contributed by atoms with Crippen molar-refractivity contribution in [3.05, 3.63) is 64.8 Å². The SMILES string of the molecule is CN(C)C(CNc1ccc(C(=O)Nc2nncs2)cn1)c1cccc(C(F)(F)F)c1. The van der Waals surface area contributed by atoms with Crippen LogP contribution in [0.3, 0.4) is 0 Å². The summed E-state index contributed by atoms with van der Waals surface area (Å²) >= 11 is 1.20. The molecular weight excluding hydrogens is 417 g/mol. The van der Waals surface area contributed by atoms with Crippen LogP contribution in [0.1, 0.15) is 27.5 Å². The number of anilines is 2. The van der Waals surface area contributed by atoms with E-state index in [1.165, 1.54) is 29.1 Å². The van der Waals surface area contributed by atoms with Gasteiger partial charge in [-0.05, 0) is 43.9 Å². The normalized spacial score (nSPS) is 12.6. The molecule has 1 amide bonds. The summed E-state index contributed by atoms with van der Waals surface area (Å²) in [7, 11) is 3.59. The lowest BCUT2D eigenvalue weighted by Gasteiger charge is -2.26. The van der Waals surface area contributed by atoms with Crippen LogP contribution in [-0.2, 0) is 6.18 Å². The monoisotopic (exact) mass is 436 g/mol. The summed E-state index contributed by atoms with van der Waals surface area (Å²) in [5, 5.41) is 13.5. The van der Waals surface area contributed by atoms with Gasteiger partial charge >= 0.3 is 6.18 Å². The maximum Gasteiger partial charge on any atom is 0.416 e. The van der Waals surface area contributed by atoms with E-state index in [0.717, 1.165) is 12.1 Å². The van der Waals surface area contributed by atoms with Gasteiger partial charge in [0.25, 0.3) is 5.91 Å². The molecule has 1 atom stereocenters. The van der Waals surface area contributed by atoms with Crippen molar-refractivity contribution in [2.24, 2.45) is 0 Å². The molecule has 30 heavy (non-hydrogen) atoms. The van der Waals surface area contributed by atoms with Crippen molar-refractivity contribution in [3.63, 3.8) is 0 Å². The zero-order valence-corrected chi connectivity index (χ0v) is 17.0. The molecule has 1 unspecified atom stereocenters. The quantitative estimate of drug-likeness (QED) is 0.584. The Labute approximate surface area is 175 Å². The van der Waals surface area contributed by atoms with Crippen molar-refractivity contribution in [2.45, 2.75) is 12.2 Å². The van der Waals surface area contributed by atoms with E-state index in [0.29, 0.717) is 28.6 Å². The van der Waals surface area contributed by atoms with E-state index < -0.39 is 11.7 Å². The van der Waals surface area contributed by atoms with Gasteiger partial charge in [-0.15, -0.1) is 10.2 Å². The lowest BCUT2D eigenvalue weighted by atomic mass is 10.0. The number of halogens is 3. The number of amides is 1. The van der Waals surface area contributed by atoms with E-state index >= 15 is 0 Å². The van der Waals surface area contributed by atoms with Crippen LogP contribution in [-0.4, -0.2) is 46.6 Å². The summed E-state index contributed by atoms with van der Waals surface area (Å²) in [5.74, 6) is 0.141. The number of nitrogens with one attached hydrogen (secondary N) is 2. The topological polar surface area (TPSA) is 83.0 Å². The maximum absolute atomic E-state index is 13.0. The molecule has 0 bridgehead atoms. The number of hydrogen-bond donors (Lipinski definition) is 2. The highest BCUT2D eigenvalue weighted by Crippen LogP contribution is 2.31. The van der Waals surface area contributed by atoms with E-state index in [-0.39, 0.29) is 11.9 Å². The zero-order valence-electron chi connectivity index (χ0n) is 16.1. The number of alkyl halides is 3. The molecule has 0 aliphatic heterocycles. The number of benzene rings is 1. The third-order valence-electron chi connectivity index (χ3n) is 4.30. The van der Waals surface area contributed by atoms with Gasteiger partial charge in [0.15, 0.2) is 0 Å². The van der Waals surface area contributed by atoms with E-state index in [2.05, 4.69) is 25.8 Å². The number of rotatable bonds is 7. The third-order valence-corrected chi connectivity index (χ3v) is 4.91. The first-order valence-corrected chi connectivity index (χ1v) is 9.73. The van der Waals surface area contributed by atoms with Crippen LogP contribution in [0.25, 0.3) is 0 Å². The Bertz CT molecular complexity index is 977. The number of hydrogen-bond acceptors (Lipinski definition) is 7. The van der Waals surface area contributed by atoms with Gasteiger partial charge in [0.05, 0.1) is 17.2 Å². The average Bonchev–Trinajstić information content (AvgIpc) is 3.21. The molecule has 0 saturated carbocycles. The van der Waals surface area contributed by atoms with E-state index in [1.54, 1.807) is 32.3 Å². The molecule has 3 aromatic rings. The average molecular weight is 436 g/mol. The zero-order chi connectivity index (χ0) is 21.7. The van der Waals surface area contributed by atoms with Crippen LogP contribution < -0.4 is 10.6 Å². The van der Waals surface area contributed by atoms with Gasteiger partial charge in [-0.1, -0.05) is 23.5 Å². The van der Waals surface area contributed by atoms with Crippen molar-refractivity contribution in [1.82, 2.24) is 20.1 Å². The van der Waals surface area contributed by atoms with Crippen LogP contribution >= 0.6 is 11.3 Å². The van der Waals surface area contributed by atoms with Crippen molar-refractivity contribution < 1.29 is 18.0 Å². The predicted octanol–water partition coefficient (Wildman–Crippen LogP) is 3.92. The van der Waals surface area contributed by atoms with Crippen LogP contribution in [0.2, 0.25) is 0 Å². The second-order valence-corrected chi connectivity index (χ2v) is 7.45. The van der Waals surface area contributed by atoms with E-state index in [9.17, 15) is 18.0 Å². The van der Waals surface area contributed by atoms with Crippen molar-refractivity contribution in [1.29, 1.82) is 0 Å². The lowest BCUT2D eigenvalue weighted by Crippen LogP contribution is -2.27. The molecule has 11 heteroatoms. The second kappa shape index (κ2) is 9.18. The molecule has 1 aromatic carbocycles. The molecule has 0 aliphatic rings. The minimum atomic E-state index is -4.40. The highest BCUT2D eigenvalue weighted by molar-refractivity contribution is 7.13. The smallest absolute Gasteiger partial charge is 0.368 e. The summed E-state index contributed by atoms with van der Waals surface area (Å²) in [5.41, 5.74) is 1.70. The first kappa shape index (κ1) is 21.7. The molecule has 158 valence electrons. The second-order valence-electron chi connectivity index (χ2n) is 6.61. The molecule has 2 aromatic heterocycles. The van der Waals surface area contributed by atoms with Gasteiger partial charge in [-0.2, -0.15) is 13.2 Å². The van der Waals surface area contributed by atoms with Crippen LogP contribution in [0.5, 0.6) is 0 Å². The van der Waals surface area contributed by atoms with E-state index in [1.807, 2.05) is 4.90 Å². The Kier molecular flexibility index (Phi) is 6.63. The third kappa shape index (κ3) is 5.51. The fraction of sp³-hybridized carbons (Fsp3) is 0.263. The number of carbonyl (C=O) groups excluding carboxylic acids is 1. The molecule has 3 rings (SSSR count). The first-order valence-electron chi connectivity index (χ1n) is 8.85. The molecule has 0 saturated heterocycles. The first-order chi connectivity index (χ1) is 14.2. The highest BCUT2D eigenvalue weighted by Gasteiger charge is 2.31. The molecule has 7 nitrogen and oxygen atoms in total. The number of likely N-dealkylation sites (N-methyl/N-ethyl adjacent to an activating group) is 1. The molecule has 0 radical (unpaired) electrons. The van der Waals surface area contributed by atoms with Gasteiger partial charge in [-0.25, -0.2) is 4.98 Å². The maximum atomic E-state index is 13.0. The standard InChI is InChI=1S/C19H19F3N6OS/c1-28(2)15(12-4-3-5-14(8-12)19(20,21)22)10-24-16-7-6-13(9-23-16)17(29)26-18-27-25-11-30-18/h3-9,11,15H,10H2,1-2H3,(H,23,24)(H,26,27,29). The molecule has 2 heterocycles.